The first-order chi connectivity index (χ1) is 10.1. The number of thioether (sulfide) groups is 1. The van der Waals surface area contributed by atoms with Crippen molar-refractivity contribution in [2.75, 3.05) is 11.1 Å². The minimum atomic E-state index is -0.255. The highest BCUT2D eigenvalue weighted by atomic mass is 32.2. The van der Waals surface area contributed by atoms with E-state index in [1.54, 1.807) is 13.0 Å². The average Bonchev–Trinajstić information content (AvgIpc) is 3.03. The molecule has 0 bridgehead atoms. The number of aromatic nitrogens is 3. The maximum atomic E-state index is 12.4. The van der Waals surface area contributed by atoms with E-state index in [0.29, 0.717) is 21.0 Å². The van der Waals surface area contributed by atoms with Gasteiger partial charge in [-0.25, -0.2) is 0 Å². The topological polar surface area (TPSA) is 107 Å². The first-order valence-electron chi connectivity index (χ1n) is 6.58. The largest absolute Gasteiger partial charge is 0.374 e. The molecule has 2 heterocycles. The predicted molar refractivity (Wildman–Crippen MR) is 83.4 cm³/mol. The van der Waals surface area contributed by atoms with Crippen LogP contribution in [0.3, 0.4) is 0 Å². The summed E-state index contributed by atoms with van der Waals surface area (Å²) in [5.74, 6) is 0.965. The van der Waals surface area contributed by atoms with Gasteiger partial charge in [0.25, 0.3) is 0 Å². The van der Waals surface area contributed by atoms with E-state index >= 15 is 0 Å². The summed E-state index contributed by atoms with van der Waals surface area (Å²) < 4.78 is 5.63. The number of aryl methyl sites for hydroxylation is 1. The van der Waals surface area contributed by atoms with Crippen LogP contribution < -0.4 is 11.1 Å². The van der Waals surface area contributed by atoms with Gasteiger partial charge in [-0.15, -0.1) is 10.2 Å². The number of unbranched alkanes of at least 4 members (excludes halogenated alkanes) is 1. The highest BCUT2D eigenvalue weighted by molar-refractivity contribution is 8.02. The molecule has 21 heavy (non-hydrogen) atoms. The van der Waals surface area contributed by atoms with Crippen molar-refractivity contribution < 1.29 is 9.32 Å². The predicted octanol–water partition coefficient (Wildman–Crippen LogP) is 2.71. The van der Waals surface area contributed by atoms with Gasteiger partial charge in [-0.1, -0.05) is 48.0 Å². The maximum Gasteiger partial charge on any atom is 0.239 e. The molecular weight excluding hydrogens is 310 g/mol. The first kappa shape index (κ1) is 15.8. The van der Waals surface area contributed by atoms with Crippen LogP contribution in [0.1, 0.15) is 31.9 Å². The number of nitrogen functional groups attached to an aromatic ring is 1. The maximum absolute atomic E-state index is 12.4. The second kappa shape index (κ2) is 7.41. The summed E-state index contributed by atoms with van der Waals surface area (Å²) in [6.45, 7) is 3.86. The van der Waals surface area contributed by atoms with Crippen molar-refractivity contribution in [1.82, 2.24) is 15.4 Å². The lowest BCUT2D eigenvalue weighted by molar-refractivity contribution is -0.115. The van der Waals surface area contributed by atoms with E-state index < -0.39 is 0 Å². The molecule has 1 unspecified atom stereocenters. The molecule has 0 fully saturated rings. The highest BCUT2D eigenvalue weighted by Gasteiger charge is 2.22. The van der Waals surface area contributed by atoms with Gasteiger partial charge in [0, 0.05) is 6.07 Å². The van der Waals surface area contributed by atoms with Crippen LogP contribution in [0.15, 0.2) is 14.9 Å². The molecule has 3 N–H and O–H groups in total. The van der Waals surface area contributed by atoms with E-state index in [1.165, 1.54) is 23.1 Å². The molecule has 2 rings (SSSR count). The fourth-order valence-electron chi connectivity index (χ4n) is 1.65. The fourth-order valence-corrected chi connectivity index (χ4v) is 3.58. The number of amides is 1. The van der Waals surface area contributed by atoms with Gasteiger partial charge >= 0.3 is 0 Å². The van der Waals surface area contributed by atoms with Gasteiger partial charge in [-0.05, 0) is 13.3 Å². The summed E-state index contributed by atoms with van der Waals surface area (Å²) in [7, 11) is 0. The third-order valence-corrected chi connectivity index (χ3v) is 4.76. The van der Waals surface area contributed by atoms with E-state index in [4.69, 9.17) is 10.3 Å². The second-order valence-electron chi connectivity index (χ2n) is 4.47. The van der Waals surface area contributed by atoms with Crippen molar-refractivity contribution in [3.63, 3.8) is 0 Å². The standard InChI is InChI=1S/C12H17N5O2S2/c1-3-4-5-8(20-12-16-15-11(13)21-12)10(18)14-9-6-7(2)19-17-9/h6,8H,3-5H2,1-2H3,(H2,13,15)(H,14,17,18). The molecule has 2 aromatic rings. The fraction of sp³-hybridized carbons (Fsp3) is 0.500. The second-order valence-corrected chi connectivity index (χ2v) is 6.93. The Balaban J connectivity index is 2.01. The lowest BCUT2D eigenvalue weighted by Crippen LogP contribution is -2.25. The number of rotatable bonds is 7. The molecule has 0 saturated carbocycles. The Morgan fingerprint density at radius 1 is 1.57 bits per heavy atom. The van der Waals surface area contributed by atoms with E-state index in [0.717, 1.165) is 19.3 Å². The van der Waals surface area contributed by atoms with Crippen molar-refractivity contribution in [3.8, 4) is 0 Å². The zero-order valence-electron chi connectivity index (χ0n) is 11.8. The molecule has 7 nitrogen and oxygen atoms in total. The number of anilines is 2. The van der Waals surface area contributed by atoms with Crippen LogP contribution in [0.2, 0.25) is 0 Å². The van der Waals surface area contributed by atoms with Gasteiger partial charge in [0.15, 0.2) is 10.2 Å². The summed E-state index contributed by atoms with van der Waals surface area (Å²) in [5, 5.41) is 14.4. The van der Waals surface area contributed by atoms with Gasteiger partial charge in [0.2, 0.25) is 11.0 Å². The van der Waals surface area contributed by atoms with Crippen molar-refractivity contribution in [2.45, 2.75) is 42.7 Å². The molecule has 0 radical (unpaired) electrons. The molecule has 0 aliphatic heterocycles. The smallest absolute Gasteiger partial charge is 0.239 e. The Morgan fingerprint density at radius 3 is 2.95 bits per heavy atom. The molecule has 0 aliphatic carbocycles. The average molecular weight is 327 g/mol. The number of nitrogens with zero attached hydrogens (tertiary/aromatic N) is 3. The van der Waals surface area contributed by atoms with Crippen LogP contribution in [-0.4, -0.2) is 26.5 Å². The molecule has 114 valence electrons. The Hall–Kier alpha value is -1.61. The molecule has 1 atom stereocenters. The van der Waals surface area contributed by atoms with Gasteiger partial charge in [-0.2, -0.15) is 0 Å². The van der Waals surface area contributed by atoms with Crippen LogP contribution in [0.4, 0.5) is 10.9 Å². The number of carbonyl (C=O) groups is 1. The normalized spacial score (nSPS) is 12.3. The van der Waals surface area contributed by atoms with Gasteiger partial charge in [-0.3, -0.25) is 4.79 Å². The highest BCUT2D eigenvalue weighted by Crippen LogP contribution is 2.30. The third kappa shape index (κ3) is 4.71. The van der Waals surface area contributed by atoms with Crippen LogP contribution in [-0.2, 0) is 4.79 Å². The van der Waals surface area contributed by atoms with Gasteiger partial charge in [0.1, 0.15) is 5.76 Å². The Labute approximate surface area is 130 Å². The van der Waals surface area contributed by atoms with Gasteiger partial charge in [0.05, 0.1) is 5.25 Å². The first-order valence-corrected chi connectivity index (χ1v) is 8.28. The van der Waals surface area contributed by atoms with E-state index in [-0.39, 0.29) is 11.2 Å². The minimum absolute atomic E-state index is 0.115. The minimum Gasteiger partial charge on any atom is -0.374 e. The van der Waals surface area contributed by atoms with Crippen LogP contribution in [0.5, 0.6) is 0 Å². The summed E-state index contributed by atoms with van der Waals surface area (Å²) in [6.07, 6.45) is 2.73. The number of carbonyl (C=O) groups excluding carboxylic acids is 1. The molecule has 9 heteroatoms. The van der Waals surface area contributed by atoms with Crippen LogP contribution in [0.25, 0.3) is 0 Å². The lowest BCUT2D eigenvalue weighted by Gasteiger charge is -2.13. The van der Waals surface area contributed by atoms with E-state index in [2.05, 4.69) is 27.6 Å². The Bertz CT molecular complexity index is 598. The zero-order chi connectivity index (χ0) is 15.2. The number of hydrogen-bond acceptors (Lipinski definition) is 8. The summed E-state index contributed by atoms with van der Waals surface area (Å²) in [6, 6.07) is 1.68. The molecule has 0 aliphatic rings. The lowest BCUT2D eigenvalue weighted by atomic mass is 10.2. The van der Waals surface area contributed by atoms with Crippen molar-refractivity contribution >= 4 is 40.0 Å². The summed E-state index contributed by atoms with van der Waals surface area (Å²) in [5.41, 5.74) is 5.57. The van der Waals surface area contributed by atoms with Crippen molar-refractivity contribution in [2.24, 2.45) is 0 Å². The molecule has 1 amide bonds. The summed E-state index contributed by atoms with van der Waals surface area (Å²) >= 11 is 2.66. The molecule has 0 aromatic carbocycles. The zero-order valence-corrected chi connectivity index (χ0v) is 13.5. The van der Waals surface area contributed by atoms with Crippen LogP contribution in [0, 0.1) is 6.92 Å². The third-order valence-electron chi connectivity index (χ3n) is 2.66. The Kier molecular flexibility index (Phi) is 5.57. The SMILES string of the molecule is CCCCC(Sc1nnc(N)s1)C(=O)Nc1cc(C)on1. The monoisotopic (exact) mass is 327 g/mol. The molecule has 2 aromatic heterocycles. The number of hydrogen-bond donors (Lipinski definition) is 2. The summed E-state index contributed by atoms with van der Waals surface area (Å²) in [4.78, 5) is 12.4. The molecular formula is C12H17N5O2S2. The Morgan fingerprint density at radius 2 is 2.38 bits per heavy atom. The molecule has 0 spiro atoms. The number of nitrogens with two attached hydrogens (primary N) is 1. The van der Waals surface area contributed by atoms with E-state index in [1.807, 2.05) is 0 Å². The quantitative estimate of drug-likeness (QED) is 0.753. The van der Waals surface area contributed by atoms with E-state index in [9.17, 15) is 4.79 Å². The van der Waals surface area contributed by atoms with Crippen molar-refractivity contribution in [1.29, 1.82) is 0 Å². The van der Waals surface area contributed by atoms with Crippen molar-refractivity contribution in [3.05, 3.63) is 11.8 Å². The number of nitrogens with one attached hydrogen (secondary N) is 1. The molecule has 0 saturated heterocycles. The van der Waals surface area contributed by atoms with Crippen LogP contribution >= 0.6 is 23.1 Å². The van der Waals surface area contributed by atoms with Gasteiger partial charge < -0.3 is 15.6 Å².